The molecule has 1 heterocycles. The van der Waals surface area contributed by atoms with Crippen LogP contribution in [0.1, 0.15) is 18.4 Å². The van der Waals surface area contributed by atoms with Crippen LogP contribution in [0.3, 0.4) is 0 Å². The zero-order chi connectivity index (χ0) is 12.1. The second kappa shape index (κ2) is 5.65. The van der Waals surface area contributed by atoms with E-state index in [9.17, 15) is 4.39 Å². The van der Waals surface area contributed by atoms with Crippen molar-refractivity contribution in [2.45, 2.75) is 12.8 Å². The van der Waals surface area contributed by atoms with Crippen LogP contribution in [-0.4, -0.2) is 31.1 Å². The van der Waals surface area contributed by atoms with Crippen LogP contribution in [0.15, 0.2) is 18.2 Å². The molecule has 1 aliphatic rings. The van der Waals surface area contributed by atoms with Crippen LogP contribution in [0.4, 0.5) is 10.1 Å². The minimum Gasteiger partial charge on any atom is -0.383 e. The van der Waals surface area contributed by atoms with E-state index in [1.54, 1.807) is 12.1 Å². The van der Waals surface area contributed by atoms with Crippen LogP contribution in [0.25, 0.3) is 0 Å². The van der Waals surface area contributed by atoms with Crippen LogP contribution < -0.4 is 5.32 Å². The Morgan fingerprint density at radius 1 is 1.35 bits per heavy atom. The van der Waals surface area contributed by atoms with Crippen LogP contribution in [0.2, 0.25) is 0 Å². The van der Waals surface area contributed by atoms with Crippen molar-refractivity contribution in [2.75, 3.05) is 31.5 Å². The number of hydrogen-bond donors (Lipinski definition) is 1. The first kappa shape index (κ1) is 11.9. The number of nitrogens with zero attached hydrogens (tertiary/aromatic N) is 2. The largest absolute Gasteiger partial charge is 0.383 e. The molecular formula is C13H16FN3. The first-order valence-electron chi connectivity index (χ1n) is 5.96. The van der Waals surface area contributed by atoms with Gasteiger partial charge in [0.25, 0.3) is 0 Å². The normalized spacial score (nSPS) is 15.8. The molecule has 1 N–H and O–H groups in total. The minimum atomic E-state index is -0.460. The van der Waals surface area contributed by atoms with E-state index in [2.05, 4.69) is 10.2 Å². The molecule has 3 nitrogen and oxygen atoms in total. The Balaban J connectivity index is 1.90. The van der Waals surface area contributed by atoms with E-state index in [0.29, 0.717) is 5.69 Å². The fourth-order valence-corrected chi connectivity index (χ4v) is 2.14. The second-order valence-electron chi connectivity index (χ2n) is 4.25. The molecule has 0 radical (unpaired) electrons. The molecule has 0 saturated carbocycles. The molecule has 0 atom stereocenters. The molecule has 4 heteroatoms. The third-order valence-electron chi connectivity index (χ3n) is 3.07. The summed E-state index contributed by atoms with van der Waals surface area (Å²) >= 11 is 0. The molecule has 90 valence electrons. The van der Waals surface area contributed by atoms with Gasteiger partial charge in [0.2, 0.25) is 0 Å². The maximum atomic E-state index is 13.3. The van der Waals surface area contributed by atoms with E-state index < -0.39 is 5.82 Å². The molecular weight excluding hydrogens is 217 g/mol. The molecule has 1 saturated heterocycles. The highest BCUT2D eigenvalue weighted by molar-refractivity contribution is 5.57. The number of anilines is 1. The van der Waals surface area contributed by atoms with Crippen LogP contribution in [0, 0.1) is 17.1 Å². The lowest BCUT2D eigenvalue weighted by Crippen LogP contribution is -2.26. The average Bonchev–Trinajstić information content (AvgIpc) is 2.82. The number of nitrogens with one attached hydrogen (secondary N) is 1. The lowest BCUT2D eigenvalue weighted by atomic mass is 10.2. The van der Waals surface area contributed by atoms with Gasteiger partial charge in [0.15, 0.2) is 0 Å². The molecule has 0 unspecified atom stereocenters. The Kier molecular flexibility index (Phi) is 3.94. The van der Waals surface area contributed by atoms with Crippen molar-refractivity contribution in [3.8, 4) is 6.07 Å². The van der Waals surface area contributed by atoms with Crippen molar-refractivity contribution in [1.82, 2.24) is 4.90 Å². The summed E-state index contributed by atoms with van der Waals surface area (Å²) in [4.78, 5) is 2.37. The van der Waals surface area contributed by atoms with Crippen molar-refractivity contribution in [3.63, 3.8) is 0 Å². The molecule has 1 aliphatic heterocycles. The van der Waals surface area contributed by atoms with Gasteiger partial charge >= 0.3 is 0 Å². The minimum absolute atomic E-state index is 0.105. The summed E-state index contributed by atoms with van der Waals surface area (Å²) in [5.41, 5.74) is 0.695. The zero-order valence-electron chi connectivity index (χ0n) is 9.75. The highest BCUT2D eigenvalue weighted by atomic mass is 19.1. The van der Waals surface area contributed by atoms with Gasteiger partial charge in [0, 0.05) is 13.1 Å². The summed E-state index contributed by atoms with van der Waals surface area (Å²) < 4.78 is 13.3. The van der Waals surface area contributed by atoms with Gasteiger partial charge < -0.3 is 10.2 Å². The number of nitriles is 1. The number of halogens is 1. The van der Waals surface area contributed by atoms with Crippen molar-refractivity contribution in [3.05, 3.63) is 29.6 Å². The summed E-state index contributed by atoms with van der Waals surface area (Å²) in [6.07, 6.45) is 2.53. The molecule has 1 fully saturated rings. The monoisotopic (exact) mass is 233 g/mol. The van der Waals surface area contributed by atoms with E-state index in [1.807, 2.05) is 6.07 Å². The van der Waals surface area contributed by atoms with E-state index in [1.165, 1.54) is 18.9 Å². The second-order valence-corrected chi connectivity index (χ2v) is 4.25. The Morgan fingerprint density at radius 3 is 2.82 bits per heavy atom. The topological polar surface area (TPSA) is 39.1 Å². The number of benzene rings is 1. The SMILES string of the molecule is N#Cc1c(F)cccc1NCCN1CCCC1. The van der Waals surface area contributed by atoms with Crippen LogP contribution in [-0.2, 0) is 0 Å². The van der Waals surface area contributed by atoms with Gasteiger partial charge in [0.05, 0.1) is 5.69 Å². The Bertz CT molecular complexity index is 419. The Morgan fingerprint density at radius 2 is 2.12 bits per heavy atom. The van der Waals surface area contributed by atoms with Gasteiger partial charge in [0.1, 0.15) is 17.4 Å². The smallest absolute Gasteiger partial charge is 0.143 e. The molecule has 0 aliphatic carbocycles. The summed E-state index contributed by atoms with van der Waals surface area (Å²) in [6, 6.07) is 6.56. The molecule has 2 rings (SSSR count). The molecule has 1 aromatic rings. The van der Waals surface area contributed by atoms with E-state index in [4.69, 9.17) is 5.26 Å². The predicted molar refractivity (Wildman–Crippen MR) is 65.3 cm³/mol. The standard InChI is InChI=1S/C13H16FN3/c14-12-4-3-5-13(11(12)10-15)16-6-9-17-7-1-2-8-17/h3-5,16H,1-2,6-9H2. The van der Waals surface area contributed by atoms with Crippen molar-refractivity contribution >= 4 is 5.69 Å². The third-order valence-corrected chi connectivity index (χ3v) is 3.07. The van der Waals surface area contributed by atoms with Crippen molar-refractivity contribution in [2.24, 2.45) is 0 Å². The van der Waals surface area contributed by atoms with Crippen LogP contribution >= 0.6 is 0 Å². The van der Waals surface area contributed by atoms with Gasteiger partial charge in [-0.2, -0.15) is 5.26 Å². The molecule has 0 bridgehead atoms. The van der Waals surface area contributed by atoms with Gasteiger partial charge in [-0.15, -0.1) is 0 Å². The summed E-state index contributed by atoms with van der Waals surface area (Å²) in [7, 11) is 0. The van der Waals surface area contributed by atoms with Crippen LogP contribution in [0.5, 0.6) is 0 Å². The molecule has 0 aromatic heterocycles. The van der Waals surface area contributed by atoms with E-state index in [0.717, 1.165) is 26.2 Å². The zero-order valence-corrected chi connectivity index (χ0v) is 9.75. The van der Waals surface area contributed by atoms with Gasteiger partial charge in [-0.1, -0.05) is 6.07 Å². The summed E-state index contributed by atoms with van der Waals surface area (Å²) in [6.45, 7) is 3.99. The van der Waals surface area contributed by atoms with Gasteiger partial charge in [-0.3, -0.25) is 0 Å². The summed E-state index contributed by atoms with van der Waals surface area (Å²) in [5.74, 6) is -0.460. The maximum Gasteiger partial charge on any atom is 0.143 e. The lowest BCUT2D eigenvalue weighted by Gasteiger charge is -2.15. The van der Waals surface area contributed by atoms with Gasteiger partial charge in [-0.05, 0) is 38.1 Å². The lowest BCUT2D eigenvalue weighted by molar-refractivity contribution is 0.352. The maximum absolute atomic E-state index is 13.3. The fourth-order valence-electron chi connectivity index (χ4n) is 2.14. The van der Waals surface area contributed by atoms with Crippen molar-refractivity contribution < 1.29 is 4.39 Å². The number of likely N-dealkylation sites (tertiary alicyclic amines) is 1. The Labute approximate surface area is 101 Å². The quantitative estimate of drug-likeness (QED) is 0.866. The molecule has 0 amide bonds. The highest BCUT2D eigenvalue weighted by Gasteiger charge is 2.11. The fraction of sp³-hybridized carbons (Fsp3) is 0.462. The molecule has 1 aromatic carbocycles. The first-order valence-corrected chi connectivity index (χ1v) is 5.96. The van der Waals surface area contributed by atoms with E-state index in [-0.39, 0.29) is 5.56 Å². The number of rotatable bonds is 4. The summed E-state index contributed by atoms with van der Waals surface area (Å²) in [5, 5.41) is 12.0. The van der Waals surface area contributed by atoms with Gasteiger partial charge in [-0.25, -0.2) is 4.39 Å². The van der Waals surface area contributed by atoms with E-state index >= 15 is 0 Å². The van der Waals surface area contributed by atoms with Crippen molar-refractivity contribution in [1.29, 1.82) is 5.26 Å². The predicted octanol–water partition coefficient (Wildman–Crippen LogP) is 2.21. The first-order chi connectivity index (χ1) is 8.31. The molecule has 17 heavy (non-hydrogen) atoms. The molecule has 0 spiro atoms. The number of hydrogen-bond acceptors (Lipinski definition) is 3. The Hall–Kier alpha value is -1.60. The average molecular weight is 233 g/mol. The highest BCUT2D eigenvalue weighted by Crippen LogP contribution is 2.17. The third kappa shape index (κ3) is 2.95.